The Balaban J connectivity index is 2.25. The smallest absolute Gasteiger partial charge is 0.356 e. The van der Waals surface area contributed by atoms with E-state index in [1.165, 1.54) is 0 Å². The summed E-state index contributed by atoms with van der Waals surface area (Å²) in [4.78, 5) is 42.2. The van der Waals surface area contributed by atoms with Crippen molar-refractivity contribution in [3.05, 3.63) is 33.1 Å². The molecule has 0 radical (unpaired) electrons. The molecule has 1 fully saturated rings. The fourth-order valence-electron chi connectivity index (χ4n) is 1.96. The van der Waals surface area contributed by atoms with Crippen LogP contribution in [-0.4, -0.2) is 47.6 Å². The van der Waals surface area contributed by atoms with E-state index in [2.05, 4.69) is 0 Å². The first-order chi connectivity index (χ1) is 9.20. The second-order valence-electron chi connectivity index (χ2n) is 4.38. The number of aromatic amines is 1. The van der Waals surface area contributed by atoms with Crippen molar-refractivity contribution in [2.45, 2.75) is 30.7 Å². The second kappa shape index (κ2) is 5.24. The summed E-state index contributed by atoms with van der Waals surface area (Å²) in [6.45, 7) is 0. The Bertz CT molecular complexity index is 648. The van der Waals surface area contributed by atoms with Crippen molar-refractivity contribution < 1.29 is 29.3 Å². The zero-order chi connectivity index (χ0) is 15.1. The molecule has 1 saturated heterocycles. The van der Waals surface area contributed by atoms with E-state index in [4.69, 9.17) is 14.5 Å². The molecule has 1 aromatic rings. The van der Waals surface area contributed by atoms with Crippen LogP contribution in [0.4, 0.5) is 0 Å². The number of H-pyrrole nitrogens is 1. The predicted molar refractivity (Wildman–Crippen MR) is 63.9 cm³/mol. The van der Waals surface area contributed by atoms with Crippen molar-refractivity contribution in [2.24, 2.45) is 0 Å². The first-order valence-corrected chi connectivity index (χ1v) is 7.26. The van der Waals surface area contributed by atoms with Crippen LogP contribution in [0.2, 0.25) is 0 Å². The van der Waals surface area contributed by atoms with Gasteiger partial charge < -0.3 is 24.7 Å². The molecule has 2 heterocycles. The van der Waals surface area contributed by atoms with Gasteiger partial charge in [0.05, 0.1) is 6.10 Å². The van der Waals surface area contributed by atoms with E-state index in [1.807, 2.05) is 4.98 Å². The summed E-state index contributed by atoms with van der Waals surface area (Å²) >= 11 is 0. The third-order valence-electron chi connectivity index (χ3n) is 2.94. The van der Waals surface area contributed by atoms with Crippen LogP contribution in [0.5, 0.6) is 0 Å². The van der Waals surface area contributed by atoms with E-state index < -0.39 is 43.1 Å². The molecule has 11 heteroatoms. The standard InChI is InChI=1S/C9H13N2O8P/c12-4-3-6(11-2-1-5(13)10-9(11)15)19-7(4)8(14)20(16,17)18/h1-2,4,6-8,12,14H,3H2,(H,10,13,15)(H2,16,17,18)/t4-,6+,7-,8?/m0/s1. The van der Waals surface area contributed by atoms with Crippen LogP contribution >= 0.6 is 7.60 Å². The molecule has 0 spiro atoms. The van der Waals surface area contributed by atoms with Crippen LogP contribution in [0.3, 0.4) is 0 Å². The predicted octanol–water partition coefficient (Wildman–Crippen LogP) is -2.32. The largest absolute Gasteiger partial charge is 0.390 e. The molecule has 20 heavy (non-hydrogen) atoms. The van der Waals surface area contributed by atoms with Crippen molar-refractivity contribution in [3.63, 3.8) is 0 Å². The molecule has 0 bridgehead atoms. The monoisotopic (exact) mass is 308 g/mol. The number of aliphatic hydroxyl groups excluding tert-OH is 2. The lowest BCUT2D eigenvalue weighted by Crippen LogP contribution is -2.35. The molecule has 0 aliphatic carbocycles. The maximum atomic E-state index is 11.5. The number of rotatable bonds is 3. The molecular weight excluding hydrogens is 295 g/mol. The summed E-state index contributed by atoms with van der Waals surface area (Å²) in [5.41, 5.74) is -1.40. The van der Waals surface area contributed by atoms with Gasteiger partial charge in [0.15, 0.2) is 5.85 Å². The summed E-state index contributed by atoms with van der Waals surface area (Å²) in [5.74, 6) is -2.19. The summed E-state index contributed by atoms with van der Waals surface area (Å²) < 4.78 is 17.0. The van der Waals surface area contributed by atoms with Gasteiger partial charge in [-0.05, 0) is 0 Å². The van der Waals surface area contributed by atoms with Gasteiger partial charge in [0, 0.05) is 18.7 Å². The zero-order valence-electron chi connectivity index (χ0n) is 9.99. The highest BCUT2D eigenvalue weighted by molar-refractivity contribution is 7.52. The van der Waals surface area contributed by atoms with Crippen LogP contribution in [0.15, 0.2) is 21.9 Å². The molecule has 2 rings (SSSR count). The lowest BCUT2D eigenvalue weighted by molar-refractivity contribution is -0.0644. The minimum absolute atomic E-state index is 0.159. The Morgan fingerprint density at radius 2 is 2.10 bits per heavy atom. The highest BCUT2D eigenvalue weighted by Crippen LogP contribution is 2.46. The van der Waals surface area contributed by atoms with Crippen LogP contribution in [0.1, 0.15) is 12.6 Å². The van der Waals surface area contributed by atoms with Crippen LogP contribution in [-0.2, 0) is 9.30 Å². The molecule has 0 saturated carbocycles. The minimum atomic E-state index is -4.86. The van der Waals surface area contributed by atoms with Crippen LogP contribution in [0.25, 0.3) is 0 Å². The van der Waals surface area contributed by atoms with Crippen LogP contribution in [0, 0.1) is 0 Å². The SMILES string of the molecule is O=c1ccn([C@H]2C[C@H](O)[C@@H](C(O)P(=O)(O)O)O2)c(=O)[nH]1. The van der Waals surface area contributed by atoms with Gasteiger partial charge in [-0.2, -0.15) is 0 Å². The fourth-order valence-corrected chi connectivity index (χ4v) is 2.61. The quantitative estimate of drug-likeness (QED) is 0.389. The molecule has 1 aliphatic heterocycles. The topological polar surface area (TPSA) is 162 Å². The Hall–Kier alpha value is -1.29. The molecule has 10 nitrogen and oxygen atoms in total. The van der Waals surface area contributed by atoms with Gasteiger partial charge in [-0.3, -0.25) is 18.9 Å². The van der Waals surface area contributed by atoms with Crippen LogP contribution < -0.4 is 11.2 Å². The second-order valence-corrected chi connectivity index (χ2v) is 6.09. The first-order valence-electron chi connectivity index (χ1n) is 5.58. The van der Waals surface area contributed by atoms with Gasteiger partial charge in [0.1, 0.15) is 12.3 Å². The molecule has 0 aromatic carbocycles. The number of aliphatic hydroxyl groups is 2. The van der Waals surface area contributed by atoms with Crippen molar-refractivity contribution in [1.82, 2.24) is 9.55 Å². The van der Waals surface area contributed by atoms with E-state index in [-0.39, 0.29) is 6.42 Å². The number of hydrogen-bond acceptors (Lipinski definition) is 6. The first kappa shape index (κ1) is 15.1. The molecule has 112 valence electrons. The van der Waals surface area contributed by atoms with Gasteiger partial charge in [0.2, 0.25) is 0 Å². The third kappa shape index (κ3) is 2.90. The van der Waals surface area contributed by atoms with Crippen molar-refractivity contribution >= 4 is 7.60 Å². The van der Waals surface area contributed by atoms with E-state index >= 15 is 0 Å². The minimum Gasteiger partial charge on any atom is -0.390 e. The maximum absolute atomic E-state index is 11.5. The van der Waals surface area contributed by atoms with E-state index in [0.29, 0.717) is 0 Å². The fraction of sp³-hybridized carbons (Fsp3) is 0.556. The van der Waals surface area contributed by atoms with Gasteiger partial charge >= 0.3 is 13.3 Å². The molecular formula is C9H13N2O8P. The number of hydrogen-bond donors (Lipinski definition) is 5. The average Bonchev–Trinajstić information content (AvgIpc) is 2.68. The van der Waals surface area contributed by atoms with E-state index in [9.17, 15) is 24.4 Å². The Kier molecular flexibility index (Phi) is 3.96. The third-order valence-corrected chi connectivity index (χ3v) is 3.92. The molecule has 5 N–H and O–H groups in total. The van der Waals surface area contributed by atoms with Crippen molar-refractivity contribution in [2.75, 3.05) is 0 Å². The Morgan fingerprint density at radius 1 is 1.45 bits per heavy atom. The zero-order valence-corrected chi connectivity index (χ0v) is 10.9. The van der Waals surface area contributed by atoms with Gasteiger partial charge in [-0.15, -0.1) is 0 Å². The number of nitrogens with one attached hydrogen (secondary N) is 1. The molecule has 1 aliphatic rings. The average molecular weight is 308 g/mol. The number of ether oxygens (including phenoxy) is 1. The summed E-state index contributed by atoms with van der Waals surface area (Å²) in [7, 11) is -4.86. The van der Waals surface area contributed by atoms with Crippen molar-refractivity contribution in [1.29, 1.82) is 0 Å². The number of nitrogens with zero attached hydrogens (tertiary/aromatic N) is 1. The maximum Gasteiger partial charge on any atom is 0.356 e. The van der Waals surface area contributed by atoms with Gasteiger partial charge in [-0.25, -0.2) is 4.79 Å². The summed E-state index contributed by atoms with van der Waals surface area (Å²) in [5, 5.41) is 19.1. The highest BCUT2D eigenvalue weighted by atomic mass is 31.2. The Labute approximate surface area is 111 Å². The lowest BCUT2D eigenvalue weighted by atomic mass is 10.2. The molecule has 0 amide bonds. The van der Waals surface area contributed by atoms with Gasteiger partial charge in [0.25, 0.3) is 5.56 Å². The highest BCUT2D eigenvalue weighted by Gasteiger charge is 2.46. The van der Waals surface area contributed by atoms with Crippen molar-refractivity contribution in [3.8, 4) is 0 Å². The molecule has 4 atom stereocenters. The van der Waals surface area contributed by atoms with E-state index in [1.54, 1.807) is 0 Å². The molecule has 1 unspecified atom stereocenters. The lowest BCUT2D eigenvalue weighted by Gasteiger charge is -2.21. The van der Waals surface area contributed by atoms with E-state index in [0.717, 1.165) is 16.8 Å². The summed E-state index contributed by atoms with van der Waals surface area (Å²) in [6.07, 6.45) is -2.96. The number of aromatic nitrogens is 2. The molecule has 1 aromatic heterocycles. The Morgan fingerprint density at radius 3 is 2.65 bits per heavy atom. The van der Waals surface area contributed by atoms with Gasteiger partial charge in [-0.1, -0.05) is 0 Å². The summed E-state index contributed by atoms with van der Waals surface area (Å²) in [6, 6.07) is 1.06. The normalized spacial score (nSPS) is 28.5.